The molecule has 5 heteroatoms. The van der Waals surface area contributed by atoms with Gasteiger partial charge in [-0.1, -0.05) is 6.92 Å². The normalized spacial score (nSPS) is 14.3. The largest absolute Gasteiger partial charge is 0.495 e. The van der Waals surface area contributed by atoms with Gasteiger partial charge in [-0.2, -0.15) is 0 Å². The van der Waals surface area contributed by atoms with Gasteiger partial charge in [-0.25, -0.2) is 0 Å². The van der Waals surface area contributed by atoms with Gasteiger partial charge in [0.05, 0.1) is 12.8 Å². The molecule has 1 aromatic rings. The third-order valence-electron chi connectivity index (χ3n) is 3.59. The number of carbonyl (C=O) groups excluding carboxylic acids is 1. The topological polar surface area (TPSA) is 67.6 Å². The Hall–Kier alpha value is -1.75. The van der Waals surface area contributed by atoms with Crippen molar-refractivity contribution in [1.29, 1.82) is 0 Å². The molecule has 1 aliphatic carbocycles. The van der Waals surface area contributed by atoms with E-state index in [1.807, 2.05) is 0 Å². The highest BCUT2D eigenvalue weighted by Crippen LogP contribution is 2.28. The lowest BCUT2D eigenvalue weighted by molar-refractivity contribution is -0.116. The summed E-state index contributed by atoms with van der Waals surface area (Å²) in [5.41, 5.74) is 6.97. The predicted molar refractivity (Wildman–Crippen MR) is 80.9 cm³/mol. The summed E-state index contributed by atoms with van der Waals surface area (Å²) >= 11 is 0. The summed E-state index contributed by atoms with van der Waals surface area (Å²) in [7, 11) is 1.58. The van der Waals surface area contributed by atoms with E-state index >= 15 is 0 Å². The maximum absolute atomic E-state index is 12.0. The van der Waals surface area contributed by atoms with Gasteiger partial charge in [-0.15, -0.1) is 0 Å². The molecule has 0 aliphatic heterocycles. The Bertz CT molecular complexity index is 472. The van der Waals surface area contributed by atoms with Crippen molar-refractivity contribution in [1.82, 2.24) is 4.90 Å². The molecule has 0 radical (unpaired) electrons. The van der Waals surface area contributed by atoms with Crippen molar-refractivity contribution in [3.05, 3.63) is 18.2 Å². The molecule has 1 aromatic carbocycles. The molecule has 1 amide bonds. The number of nitrogens with one attached hydrogen (secondary N) is 1. The molecule has 3 N–H and O–H groups in total. The fourth-order valence-corrected chi connectivity index (χ4v) is 2.32. The molecule has 1 fully saturated rings. The summed E-state index contributed by atoms with van der Waals surface area (Å²) < 4.78 is 5.22. The number of nitrogens with two attached hydrogens (primary N) is 1. The molecule has 0 saturated heterocycles. The van der Waals surface area contributed by atoms with E-state index in [9.17, 15) is 4.79 Å². The molecule has 110 valence electrons. The van der Waals surface area contributed by atoms with Gasteiger partial charge in [0.1, 0.15) is 5.75 Å². The first kappa shape index (κ1) is 14.7. The highest BCUT2D eigenvalue weighted by Gasteiger charge is 2.27. The van der Waals surface area contributed by atoms with Crippen LogP contribution in [0.25, 0.3) is 0 Å². The minimum Gasteiger partial charge on any atom is -0.495 e. The standard InChI is InChI=1S/C15H23N3O2/c1-3-18(12-5-6-12)9-8-15(19)17-13-10-11(16)4-7-14(13)20-2/h4,7,10,12H,3,5-6,8-9,16H2,1-2H3,(H,17,19). The van der Waals surface area contributed by atoms with E-state index in [0.717, 1.165) is 13.1 Å². The smallest absolute Gasteiger partial charge is 0.225 e. The Balaban J connectivity index is 1.89. The lowest BCUT2D eigenvalue weighted by Gasteiger charge is -2.19. The molecule has 20 heavy (non-hydrogen) atoms. The third-order valence-corrected chi connectivity index (χ3v) is 3.59. The number of nitrogens with zero attached hydrogens (tertiary/aromatic N) is 1. The number of hydrogen-bond acceptors (Lipinski definition) is 4. The Morgan fingerprint density at radius 1 is 1.50 bits per heavy atom. The summed E-state index contributed by atoms with van der Waals surface area (Å²) in [4.78, 5) is 14.4. The highest BCUT2D eigenvalue weighted by atomic mass is 16.5. The van der Waals surface area contributed by atoms with E-state index in [2.05, 4.69) is 17.1 Å². The molecule has 0 aromatic heterocycles. The Morgan fingerprint density at radius 3 is 2.85 bits per heavy atom. The molecule has 0 heterocycles. The number of nitrogen functional groups attached to an aromatic ring is 1. The number of amides is 1. The fraction of sp³-hybridized carbons (Fsp3) is 0.533. The van der Waals surface area contributed by atoms with Crippen LogP contribution >= 0.6 is 0 Å². The quantitative estimate of drug-likeness (QED) is 0.749. The number of rotatable bonds is 7. The highest BCUT2D eigenvalue weighted by molar-refractivity contribution is 5.93. The summed E-state index contributed by atoms with van der Waals surface area (Å²) in [6.07, 6.45) is 3.01. The van der Waals surface area contributed by atoms with Crippen LogP contribution in [-0.4, -0.2) is 37.0 Å². The average Bonchev–Trinajstić information content (AvgIpc) is 3.24. The number of ether oxygens (including phenoxy) is 1. The summed E-state index contributed by atoms with van der Waals surface area (Å²) in [5, 5.41) is 2.87. The molecule has 0 bridgehead atoms. The van der Waals surface area contributed by atoms with Crippen LogP contribution in [0.1, 0.15) is 26.2 Å². The molecule has 2 rings (SSSR count). The van der Waals surface area contributed by atoms with Gasteiger partial charge in [0.2, 0.25) is 5.91 Å². The number of methoxy groups -OCH3 is 1. The fourth-order valence-electron chi connectivity index (χ4n) is 2.32. The van der Waals surface area contributed by atoms with Gasteiger partial charge >= 0.3 is 0 Å². The average molecular weight is 277 g/mol. The Morgan fingerprint density at radius 2 is 2.25 bits per heavy atom. The van der Waals surface area contributed by atoms with Crippen molar-refractivity contribution in [3.63, 3.8) is 0 Å². The van der Waals surface area contributed by atoms with E-state index in [1.54, 1.807) is 25.3 Å². The van der Waals surface area contributed by atoms with Crippen LogP contribution in [0.3, 0.4) is 0 Å². The van der Waals surface area contributed by atoms with Gasteiger partial charge in [0.25, 0.3) is 0 Å². The van der Waals surface area contributed by atoms with Crippen molar-refractivity contribution in [2.75, 3.05) is 31.2 Å². The number of anilines is 2. The molecule has 0 spiro atoms. The van der Waals surface area contributed by atoms with E-state index in [4.69, 9.17) is 10.5 Å². The van der Waals surface area contributed by atoms with Crippen molar-refractivity contribution >= 4 is 17.3 Å². The second-order valence-electron chi connectivity index (χ2n) is 5.12. The maximum atomic E-state index is 12.0. The van der Waals surface area contributed by atoms with E-state index in [0.29, 0.717) is 29.6 Å². The van der Waals surface area contributed by atoms with Crippen molar-refractivity contribution in [2.45, 2.75) is 32.2 Å². The summed E-state index contributed by atoms with van der Waals surface area (Å²) in [6, 6.07) is 5.91. The second kappa shape index (κ2) is 6.61. The second-order valence-corrected chi connectivity index (χ2v) is 5.12. The van der Waals surface area contributed by atoms with Crippen molar-refractivity contribution in [2.24, 2.45) is 0 Å². The van der Waals surface area contributed by atoms with Crippen LogP contribution in [0.15, 0.2) is 18.2 Å². The maximum Gasteiger partial charge on any atom is 0.225 e. The summed E-state index contributed by atoms with van der Waals surface area (Å²) in [6.45, 7) is 3.94. The Kier molecular flexibility index (Phi) is 4.84. The lowest BCUT2D eigenvalue weighted by Crippen LogP contribution is -2.29. The van der Waals surface area contributed by atoms with Crippen molar-refractivity contribution < 1.29 is 9.53 Å². The van der Waals surface area contributed by atoms with Gasteiger partial charge in [0.15, 0.2) is 0 Å². The van der Waals surface area contributed by atoms with Crippen LogP contribution in [0.2, 0.25) is 0 Å². The zero-order valence-electron chi connectivity index (χ0n) is 12.2. The number of benzene rings is 1. The van der Waals surface area contributed by atoms with E-state index in [1.165, 1.54) is 12.8 Å². The zero-order valence-corrected chi connectivity index (χ0v) is 12.2. The molecule has 0 atom stereocenters. The van der Waals surface area contributed by atoms with Crippen LogP contribution < -0.4 is 15.8 Å². The molecule has 5 nitrogen and oxygen atoms in total. The first-order valence-electron chi connectivity index (χ1n) is 7.11. The van der Waals surface area contributed by atoms with Crippen LogP contribution in [0.5, 0.6) is 5.75 Å². The van der Waals surface area contributed by atoms with Crippen LogP contribution in [0.4, 0.5) is 11.4 Å². The first-order valence-corrected chi connectivity index (χ1v) is 7.11. The van der Waals surface area contributed by atoms with Crippen LogP contribution in [0, 0.1) is 0 Å². The predicted octanol–water partition coefficient (Wildman–Crippen LogP) is 2.09. The summed E-state index contributed by atoms with van der Waals surface area (Å²) in [5.74, 6) is 0.620. The third kappa shape index (κ3) is 3.87. The van der Waals surface area contributed by atoms with Gasteiger partial charge in [-0.3, -0.25) is 4.79 Å². The number of carbonyl (C=O) groups is 1. The lowest BCUT2D eigenvalue weighted by atomic mass is 10.2. The zero-order chi connectivity index (χ0) is 14.5. The van der Waals surface area contributed by atoms with E-state index in [-0.39, 0.29) is 5.91 Å². The first-order chi connectivity index (χ1) is 9.63. The minimum absolute atomic E-state index is 0.00648. The molecular formula is C15H23N3O2. The molecule has 1 aliphatic rings. The minimum atomic E-state index is -0.00648. The monoisotopic (exact) mass is 277 g/mol. The SMILES string of the molecule is CCN(CCC(=O)Nc1cc(N)ccc1OC)C1CC1. The van der Waals surface area contributed by atoms with Crippen LogP contribution in [-0.2, 0) is 4.79 Å². The van der Waals surface area contributed by atoms with E-state index < -0.39 is 0 Å². The molecular weight excluding hydrogens is 254 g/mol. The van der Waals surface area contributed by atoms with Gasteiger partial charge < -0.3 is 20.7 Å². The van der Waals surface area contributed by atoms with Gasteiger partial charge in [0, 0.05) is 24.7 Å². The Labute approximate surface area is 120 Å². The number of hydrogen-bond donors (Lipinski definition) is 2. The van der Waals surface area contributed by atoms with Gasteiger partial charge in [-0.05, 0) is 37.6 Å². The van der Waals surface area contributed by atoms with Crippen molar-refractivity contribution in [3.8, 4) is 5.75 Å². The molecule has 1 saturated carbocycles. The molecule has 0 unspecified atom stereocenters.